The Morgan fingerprint density at radius 2 is 1.64 bits per heavy atom. The van der Waals surface area contributed by atoms with Crippen molar-refractivity contribution in [3.63, 3.8) is 0 Å². The van der Waals surface area contributed by atoms with Crippen LogP contribution in [0.15, 0.2) is 4.99 Å². The third kappa shape index (κ3) is 9.38. The predicted octanol–water partition coefficient (Wildman–Crippen LogP) is -4.62. The normalized spacial score (nSPS) is 25.9. The zero-order valence-electron chi connectivity index (χ0n) is 22.2. The lowest BCUT2D eigenvalue weighted by atomic mass is 10.0. The average Bonchev–Trinajstić information content (AvgIpc) is 3.38. The molecule has 2 aliphatic heterocycles. The molecule has 218 valence electrons. The molecular formula is C23H39N9O7. The minimum atomic E-state index is -1.38. The number of aliphatic hydroxyl groups excluding tert-OH is 1. The molecule has 0 aromatic rings. The lowest BCUT2D eigenvalue weighted by Crippen LogP contribution is -2.60. The summed E-state index contributed by atoms with van der Waals surface area (Å²) >= 11 is 0. The number of fused-ring (bicyclic) bond motifs is 1. The Morgan fingerprint density at radius 1 is 0.949 bits per heavy atom. The molecule has 16 nitrogen and oxygen atoms in total. The molecule has 4 atom stereocenters. The molecule has 6 amide bonds. The first-order valence-electron chi connectivity index (χ1n) is 12.9. The zero-order valence-corrected chi connectivity index (χ0v) is 22.2. The number of carbonyl (C=O) groups excluding carboxylic acids is 6. The molecule has 2 fully saturated rings. The van der Waals surface area contributed by atoms with Gasteiger partial charge in [-0.2, -0.15) is 0 Å². The minimum absolute atomic E-state index is 0.119. The fourth-order valence-electron chi connectivity index (χ4n) is 4.26. The highest BCUT2D eigenvalue weighted by molar-refractivity contribution is 5.97. The van der Waals surface area contributed by atoms with E-state index in [1.54, 1.807) is 13.8 Å². The molecule has 39 heavy (non-hydrogen) atoms. The summed E-state index contributed by atoms with van der Waals surface area (Å²) in [4.78, 5) is 82.1. The highest BCUT2D eigenvalue weighted by Crippen LogP contribution is 2.21. The van der Waals surface area contributed by atoms with E-state index < -0.39 is 79.3 Å². The first kappa shape index (κ1) is 31.3. The van der Waals surface area contributed by atoms with Gasteiger partial charge in [0.15, 0.2) is 5.96 Å². The summed E-state index contributed by atoms with van der Waals surface area (Å²) in [6.07, 6.45) is 1.35. The van der Waals surface area contributed by atoms with Crippen molar-refractivity contribution in [3.05, 3.63) is 0 Å². The van der Waals surface area contributed by atoms with Gasteiger partial charge in [0, 0.05) is 13.1 Å². The molecule has 0 unspecified atom stereocenters. The number of guanidine groups is 1. The second-order valence-electron chi connectivity index (χ2n) is 9.73. The van der Waals surface area contributed by atoms with Crippen LogP contribution in [0.1, 0.15) is 39.5 Å². The van der Waals surface area contributed by atoms with Gasteiger partial charge in [0.25, 0.3) is 0 Å². The minimum Gasteiger partial charge on any atom is -0.394 e. The highest BCUT2D eigenvalue weighted by atomic mass is 16.3. The third-order valence-corrected chi connectivity index (χ3v) is 6.35. The fraction of sp³-hybridized carbons (Fsp3) is 0.696. The Labute approximate surface area is 226 Å². The van der Waals surface area contributed by atoms with E-state index in [1.165, 1.54) is 4.90 Å². The van der Waals surface area contributed by atoms with Crippen molar-refractivity contribution in [2.45, 2.75) is 63.7 Å². The number of nitrogens with one attached hydrogen (secondary N) is 5. The number of nitrogens with two attached hydrogens (primary N) is 2. The molecule has 0 aromatic heterocycles. The van der Waals surface area contributed by atoms with Crippen LogP contribution in [0.2, 0.25) is 0 Å². The van der Waals surface area contributed by atoms with Crippen LogP contribution in [0.5, 0.6) is 0 Å². The molecule has 0 aliphatic carbocycles. The first-order valence-corrected chi connectivity index (χ1v) is 12.9. The number of nitrogens with zero attached hydrogens (tertiary/aromatic N) is 2. The van der Waals surface area contributed by atoms with E-state index in [9.17, 15) is 33.9 Å². The van der Waals surface area contributed by atoms with Gasteiger partial charge in [-0.05, 0) is 31.6 Å². The van der Waals surface area contributed by atoms with Gasteiger partial charge in [0.1, 0.15) is 24.2 Å². The van der Waals surface area contributed by atoms with Gasteiger partial charge < -0.3 is 48.1 Å². The Morgan fingerprint density at radius 3 is 2.28 bits per heavy atom. The van der Waals surface area contributed by atoms with E-state index in [4.69, 9.17) is 11.5 Å². The molecule has 2 saturated heterocycles. The number of aliphatic hydroxyl groups is 1. The van der Waals surface area contributed by atoms with Gasteiger partial charge in [-0.3, -0.25) is 33.8 Å². The van der Waals surface area contributed by atoms with E-state index in [0.29, 0.717) is 19.3 Å². The van der Waals surface area contributed by atoms with E-state index >= 15 is 0 Å². The molecule has 16 heteroatoms. The van der Waals surface area contributed by atoms with Crippen LogP contribution in [0.3, 0.4) is 0 Å². The largest absolute Gasteiger partial charge is 0.394 e. The number of aliphatic imine (C=N–C) groups is 1. The third-order valence-electron chi connectivity index (χ3n) is 6.35. The first-order chi connectivity index (χ1) is 18.4. The number of hydrogen-bond acceptors (Lipinski definition) is 8. The van der Waals surface area contributed by atoms with Crippen LogP contribution in [-0.4, -0.2) is 108 Å². The Hall–Kier alpha value is -3.95. The molecule has 0 bridgehead atoms. The SMILES string of the molecule is CC(C)[C@@H]1NC(=O)[C@H](CO)NC(=O)CNC(=O)CNC(=O)[C@H](CCCN=C(N)N)NC(=O)[C@@H]2CCCN2C1=O. The van der Waals surface area contributed by atoms with E-state index in [2.05, 4.69) is 31.6 Å². The average molecular weight is 554 g/mol. The maximum atomic E-state index is 13.5. The van der Waals surface area contributed by atoms with Gasteiger partial charge in [0.05, 0.1) is 19.7 Å². The van der Waals surface area contributed by atoms with Crippen molar-refractivity contribution < 1.29 is 33.9 Å². The lowest BCUT2D eigenvalue weighted by Gasteiger charge is -2.32. The molecule has 10 N–H and O–H groups in total. The molecule has 0 saturated carbocycles. The summed E-state index contributed by atoms with van der Waals surface area (Å²) in [6, 6.07) is -4.36. The van der Waals surface area contributed by atoms with Crippen LogP contribution in [0, 0.1) is 5.92 Å². The molecule has 0 aromatic carbocycles. The Balaban J connectivity index is 2.33. The summed E-state index contributed by atoms with van der Waals surface area (Å²) in [5.41, 5.74) is 10.7. The zero-order chi connectivity index (χ0) is 29.1. The van der Waals surface area contributed by atoms with Crippen molar-refractivity contribution in [2.75, 3.05) is 32.8 Å². The molecule has 2 aliphatic rings. The van der Waals surface area contributed by atoms with Crippen LogP contribution >= 0.6 is 0 Å². The number of rotatable bonds is 6. The van der Waals surface area contributed by atoms with Crippen molar-refractivity contribution in [3.8, 4) is 0 Å². The maximum absolute atomic E-state index is 13.5. The quantitative estimate of drug-likeness (QED) is 0.0893. The topological polar surface area (TPSA) is 250 Å². The fourth-order valence-corrected chi connectivity index (χ4v) is 4.26. The smallest absolute Gasteiger partial charge is 0.246 e. The standard InChI is InChI=1S/C23H39N9O7/c1-12(2)18-22(39)32-8-4-6-15(32)21(38)30-13(5-3-7-26-23(24)25)19(36)28-9-16(34)27-10-17(35)29-14(11-33)20(37)31-18/h12-15,18,33H,3-11H2,1-2H3,(H,27,34)(H,28,36)(H,29,35)(H,30,38)(H,31,37)(H4,24,25,26)/t13-,14-,15-,18-/m0/s1. The molecule has 2 heterocycles. The predicted molar refractivity (Wildman–Crippen MR) is 138 cm³/mol. The van der Waals surface area contributed by atoms with Gasteiger partial charge >= 0.3 is 0 Å². The molecule has 0 radical (unpaired) electrons. The summed E-state index contributed by atoms with van der Waals surface area (Å²) < 4.78 is 0. The number of carbonyl (C=O) groups is 6. The van der Waals surface area contributed by atoms with Gasteiger partial charge in [-0.15, -0.1) is 0 Å². The lowest BCUT2D eigenvalue weighted by molar-refractivity contribution is -0.143. The molecule has 2 rings (SSSR count). The van der Waals surface area contributed by atoms with Crippen LogP contribution in [-0.2, 0) is 28.8 Å². The summed E-state index contributed by atoms with van der Waals surface area (Å²) in [7, 11) is 0. The Bertz CT molecular complexity index is 968. The van der Waals surface area contributed by atoms with Crippen molar-refractivity contribution in [1.82, 2.24) is 31.5 Å². The maximum Gasteiger partial charge on any atom is 0.246 e. The van der Waals surface area contributed by atoms with E-state index in [0.717, 1.165) is 0 Å². The van der Waals surface area contributed by atoms with Gasteiger partial charge in [0.2, 0.25) is 35.4 Å². The van der Waals surface area contributed by atoms with Crippen LogP contribution < -0.4 is 38.1 Å². The molecule has 0 spiro atoms. The number of amides is 6. The number of hydrogen-bond donors (Lipinski definition) is 8. The van der Waals surface area contributed by atoms with Crippen LogP contribution in [0.25, 0.3) is 0 Å². The van der Waals surface area contributed by atoms with E-state index in [1.807, 2.05) is 0 Å². The summed E-state index contributed by atoms with van der Waals surface area (Å²) in [6.45, 7) is 2.12. The van der Waals surface area contributed by atoms with Crippen molar-refractivity contribution >= 4 is 41.4 Å². The second-order valence-corrected chi connectivity index (χ2v) is 9.73. The van der Waals surface area contributed by atoms with Crippen LogP contribution in [0.4, 0.5) is 0 Å². The molecular weight excluding hydrogens is 514 g/mol. The van der Waals surface area contributed by atoms with Gasteiger partial charge in [-0.25, -0.2) is 0 Å². The summed E-state index contributed by atoms with van der Waals surface area (Å²) in [5.74, 6) is -4.45. The highest BCUT2D eigenvalue weighted by Gasteiger charge is 2.40. The Kier molecular flexibility index (Phi) is 11.9. The van der Waals surface area contributed by atoms with Crippen molar-refractivity contribution in [1.29, 1.82) is 0 Å². The van der Waals surface area contributed by atoms with E-state index in [-0.39, 0.29) is 31.4 Å². The van der Waals surface area contributed by atoms with Crippen molar-refractivity contribution in [2.24, 2.45) is 22.4 Å². The second kappa shape index (κ2) is 14.8. The summed E-state index contributed by atoms with van der Waals surface area (Å²) in [5, 5.41) is 21.9. The monoisotopic (exact) mass is 553 g/mol. The van der Waals surface area contributed by atoms with Gasteiger partial charge in [-0.1, -0.05) is 13.8 Å².